The molecule has 0 bridgehead atoms. The monoisotopic (exact) mass is 221 g/mol. The van der Waals surface area contributed by atoms with Crippen molar-refractivity contribution in [3.05, 3.63) is 29.3 Å². The zero-order valence-electron chi connectivity index (χ0n) is 10.2. The van der Waals surface area contributed by atoms with E-state index in [4.69, 9.17) is 4.74 Å². The number of aryl methyl sites for hydroxylation is 2. The van der Waals surface area contributed by atoms with Crippen LogP contribution in [0.5, 0.6) is 0 Å². The maximum atomic E-state index is 5.63. The van der Waals surface area contributed by atoms with Gasteiger partial charge in [0.05, 0.1) is 18.3 Å². The zero-order chi connectivity index (χ0) is 11.5. The van der Waals surface area contributed by atoms with E-state index in [-0.39, 0.29) is 6.04 Å². The molecule has 0 radical (unpaired) electrons. The van der Waals surface area contributed by atoms with Gasteiger partial charge in [0.1, 0.15) is 5.76 Å². The first-order chi connectivity index (χ1) is 7.76. The van der Waals surface area contributed by atoms with E-state index < -0.39 is 0 Å². The van der Waals surface area contributed by atoms with Gasteiger partial charge in [-0.25, -0.2) is 0 Å². The summed E-state index contributed by atoms with van der Waals surface area (Å²) in [5.74, 6) is 1.03. The predicted molar refractivity (Wildman–Crippen MR) is 63.0 cm³/mol. The molecule has 0 spiro atoms. The van der Waals surface area contributed by atoms with E-state index in [1.54, 1.807) is 0 Å². The Hall–Kier alpha value is -1.29. The summed E-state index contributed by atoms with van der Waals surface area (Å²) in [6.07, 6.45) is 6.19. The molecule has 1 unspecified atom stereocenters. The van der Waals surface area contributed by atoms with Crippen molar-refractivity contribution in [3.8, 4) is 0 Å². The molecule has 0 saturated heterocycles. The highest BCUT2D eigenvalue weighted by atomic mass is 16.5. The van der Waals surface area contributed by atoms with E-state index in [2.05, 4.69) is 29.6 Å². The molecule has 4 nitrogen and oxygen atoms in total. The normalized spacial score (nSPS) is 17.1. The quantitative estimate of drug-likeness (QED) is 0.838. The second-order valence-electron chi connectivity index (χ2n) is 4.02. The first kappa shape index (κ1) is 11.2. The van der Waals surface area contributed by atoms with Crippen molar-refractivity contribution in [2.75, 3.05) is 13.7 Å². The van der Waals surface area contributed by atoms with Gasteiger partial charge in [0.2, 0.25) is 0 Å². The van der Waals surface area contributed by atoms with Crippen molar-refractivity contribution < 1.29 is 4.74 Å². The molecule has 1 N–H and O–H groups in total. The average Bonchev–Trinajstić information content (AvgIpc) is 2.89. The van der Waals surface area contributed by atoms with Gasteiger partial charge in [0.15, 0.2) is 0 Å². The second kappa shape index (κ2) is 4.70. The first-order valence-electron chi connectivity index (χ1n) is 5.78. The van der Waals surface area contributed by atoms with E-state index in [1.807, 2.05) is 18.8 Å². The lowest BCUT2D eigenvalue weighted by atomic mass is 10.0. The summed E-state index contributed by atoms with van der Waals surface area (Å²) in [4.78, 5) is 0. The van der Waals surface area contributed by atoms with Crippen LogP contribution < -0.4 is 5.32 Å². The summed E-state index contributed by atoms with van der Waals surface area (Å²) in [5.41, 5.74) is 2.36. The number of ether oxygens (including phenoxy) is 1. The van der Waals surface area contributed by atoms with Crippen LogP contribution in [-0.2, 0) is 18.2 Å². The lowest BCUT2D eigenvalue weighted by Gasteiger charge is -2.17. The highest BCUT2D eigenvalue weighted by Crippen LogP contribution is 2.28. The molecule has 0 fully saturated rings. The van der Waals surface area contributed by atoms with Gasteiger partial charge in [-0.05, 0) is 19.5 Å². The highest BCUT2D eigenvalue weighted by molar-refractivity contribution is 5.28. The Labute approximate surface area is 96.3 Å². The smallest absolute Gasteiger partial charge is 0.114 e. The molecule has 0 aliphatic carbocycles. The largest absolute Gasteiger partial charge is 0.496 e. The van der Waals surface area contributed by atoms with Crippen LogP contribution >= 0.6 is 0 Å². The molecular formula is C12H19N3O. The summed E-state index contributed by atoms with van der Waals surface area (Å²) in [6, 6.07) is 0.145. The maximum absolute atomic E-state index is 5.63. The molecule has 88 valence electrons. The third kappa shape index (κ3) is 1.97. The Kier molecular flexibility index (Phi) is 3.29. The zero-order valence-corrected chi connectivity index (χ0v) is 10.2. The molecule has 2 rings (SSSR count). The fourth-order valence-electron chi connectivity index (χ4n) is 2.16. The lowest BCUT2D eigenvalue weighted by molar-refractivity contribution is 0.217. The molecule has 1 aromatic heterocycles. The second-order valence-corrected chi connectivity index (χ2v) is 4.02. The molecule has 1 atom stereocenters. The minimum Gasteiger partial charge on any atom is -0.496 e. The SMILES string of the molecule is CCc1nn(C)cc1C(NC)C1=CCCO1. The summed E-state index contributed by atoms with van der Waals surface area (Å²) < 4.78 is 7.50. The number of aromatic nitrogens is 2. The maximum Gasteiger partial charge on any atom is 0.114 e. The average molecular weight is 221 g/mol. The number of likely N-dealkylation sites (N-methyl/N-ethyl adjacent to an activating group) is 1. The summed E-state index contributed by atoms with van der Waals surface area (Å²) >= 11 is 0. The molecule has 2 heterocycles. The van der Waals surface area contributed by atoms with Crippen molar-refractivity contribution >= 4 is 0 Å². The number of nitrogens with one attached hydrogen (secondary N) is 1. The van der Waals surface area contributed by atoms with Crippen LogP contribution in [0.4, 0.5) is 0 Å². The minimum atomic E-state index is 0.145. The Bertz CT molecular complexity index is 395. The molecule has 0 amide bonds. The molecular weight excluding hydrogens is 202 g/mol. The van der Waals surface area contributed by atoms with E-state index in [1.165, 1.54) is 5.56 Å². The molecule has 1 aliphatic heterocycles. The molecule has 16 heavy (non-hydrogen) atoms. The number of hydrogen-bond acceptors (Lipinski definition) is 3. The van der Waals surface area contributed by atoms with E-state index in [9.17, 15) is 0 Å². The summed E-state index contributed by atoms with van der Waals surface area (Å²) in [6.45, 7) is 2.93. The third-order valence-corrected chi connectivity index (χ3v) is 2.89. The fourth-order valence-corrected chi connectivity index (χ4v) is 2.16. The lowest BCUT2D eigenvalue weighted by Crippen LogP contribution is -2.19. The standard InChI is InChI=1S/C12H19N3O/c1-4-10-9(8-15(3)14-10)12(13-2)11-6-5-7-16-11/h6,8,12-13H,4-5,7H2,1-3H3. The van der Waals surface area contributed by atoms with Gasteiger partial charge < -0.3 is 10.1 Å². The van der Waals surface area contributed by atoms with Crippen LogP contribution in [0.1, 0.15) is 30.6 Å². The highest BCUT2D eigenvalue weighted by Gasteiger charge is 2.23. The van der Waals surface area contributed by atoms with Gasteiger partial charge >= 0.3 is 0 Å². The van der Waals surface area contributed by atoms with Gasteiger partial charge in [-0.3, -0.25) is 4.68 Å². The molecule has 4 heteroatoms. The topological polar surface area (TPSA) is 39.1 Å². The fraction of sp³-hybridized carbons (Fsp3) is 0.583. The van der Waals surface area contributed by atoms with Crippen molar-refractivity contribution in [2.24, 2.45) is 7.05 Å². The van der Waals surface area contributed by atoms with Crippen LogP contribution in [0.15, 0.2) is 18.0 Å². The Balaban J connectivity index is 2.31. The van der Waals surface area contributed by atoms with Gasteiger partial charge in [-0.1, -0.05) is 6.92 Å². The number of rotatable bonds is 4. The van der Waals surface area contributed by atoms with Crippen molar-refractivity contribution in [1.82, 2.24) is 15.1 Å². The van der Waals surface area contributed by atoms with Crippen LogP contribution in [0, 0.1) is 0 Å². The van der Waals surface area contributed by atoms with Crippen LogP contribution in [-0.4, -0.2) is 23.4 Å². The molecule has 0 aromatic carbocycles. The van der Waals surface area contributed by atoms with Crippen molar-refractivity contribution in [3.63, 3.8) is 0 Å². The summed E-state index contributed by atoms with van der Waals surface area (Å²) in [7, 11) is 3.92. The Morgan fingerprint density at radius 1 is 1.62 bits per heavy atom. The van der Waals surface area contributed by atoms with Crippen molar-refractivity contribution in [1.29, 1.82) is 0 Å². The van der Waals surface area contributed by atoms with Crippen LogP contribution in [0.3, 0.4) is 0 Å². The Morgan fingerprint density at radius 3 is 3.00 bits per heavy atom. The van der Waals surface area contributed by atoms with Crippen LogP contribution in [0.25, 0.3) is 0 Å². The van der Waals surface area contributed by atoms with Crippen molar-refractivity contribution in [2.45, 2.75) is 25.8 Å². The minimum absolute atomic E-state index is 0.145. The number of nitrogens with zero attached hydrogens (tertiary/aromatic N) is 2. The molecule has 1 aliphatic rings. The molecule has 1 aromatic rings. The summed E-state index contributed by atoms with van der Waals surface area (Å²) in [5, 5.41) is 7.76. The van der Waals surface area contributed by atoms with Gasteiger partial charge in [0.25, 0.3) is 0 Å². The Morgan fingerprint density at radius 2 is 2.44 bits per heavy atom. The van der Waals surface area contributed by atoms with Gasteiger partial charge in [0, 0.05) is 25.2 Å². The number of hydrogen-bond donors (Lipinski definition) is 1. The van der Waals surface area contributed by atoms with E-state index >= 15 is 0 Å². The molecule has 0 saturated carbocycles. The third-order valence-electron chi connectivity index (χ3n) is 2.89. The van der Waals surface area contributed by atoms with Gasteiger partial charge in [-0.2, -0.15) is 5.10 Å². The first-order valence-corrected chi connectivity index (χ1v) is 5.78. The van der Waals surface area contributed by atoms with E-state index in [0.29, 0.717) is 0 Å². The van der Waals surface area contributed by atoms with E-state index in [0.717, 1.165) is 30.9 Å². The van der Waals surface area contributed by atoms with Gasteiger partial charge in [-0.15, -0.1) is 0 Å². The van der Waals surface area contributed by atoms with Crippen LogP contribution in [0.2, 0.25) is 0 Å². The predicted octanol–water partition coefficient (Wildman–Crippen LogP) is 1.55.